The van der Waals surface area contributed by atoms with Gasteiger partial charge in [-0.2, -0.15) is 0 Å². The smallest absolute Gasteiger partial charge is 0.00799 e. The highest BCUT2D eigenvalue weighted by Gasteiger charge is 1.55. The van der Waals surface area contributed by atoms with E-state index in [1.165, 1.54) is 12.8 Å². The van der Waals surface area contributed by atoms with E-state index < -0.39 is 0 Å². The Labute approximate surface area is 67.0 Å². The second kappa shape index (κ2) is 36.2. The summed E-state index contributed by atoms with van der Waals surface area (Å²) in [7, 11) is 0. The molecule has 0 aliphatic heterocycles. The summed E-state index contributed by atoms with van der Waals surface area (Å²) in [6.45, 7) is 11.4. The zero-order valence-corrected chi connectivity index (χ0v) is 8.41. The molecule has 0 radical (unpaired) electrons. The minimum absolute atomic E-state index is 0.819. The Balaban J connectivity index is -0.0000000750. The molecule has 0 aliphatic carbocycles. The monoisotopic (exact) mass is 147 g/mol. The molecule has 0 bridgehead atoms. The first-order valence-electron chi connectivity index (χ1n) is 4.44. The second-order valence-electron chi connectivity index (χ2n) is 2.20. The molecule has 0 amide bonds. The van der Waals surface area contributed by atoms with Crippen LogP contribution >= 0.6 is 0 Å². The lowest BCUT2D eigenvalue weighted by atomic mass is 10.5. The molecule has 1 heteroatoms. The topological polar surface area (TPSA) is 26.0 Å². The van der Waals surface area contributed by atoms with Gasteiger partial charge in [-0.15, -0.1) is 0 Å². The van der Waals surface area contributed by atoms with Crippen LogP contribution in [0.3, 0.4) is 0 Å². The maximum Gasteiger partial charge on any atom is -0.00799 e. The zero-order chi connectivity index (χ0) is 8.83. The lowest BCUT2D eigenvalue weighted by molar-refractivity contribution is 0.932. The van der Waals surface area contributed by atoms with Crippen LogP contribution < -0.4 is 5.73 Å². The summed E-state index contributed by atoms with van der Waals surface area (Å²) in [5.41, 5.74) is 5.03. The summed E-state index contributed by atoms with van der Waals surface area (Å²) in [5, 5.41) is 0. The predicted octanol–water partition coefficient (Wildman–Crippen LogP) is 3.19. The van der Waals surface area contributed by atoms with Crippen LogP contribution in [0.15, 0.2) is 0 Å². The fourth-order valence-corrected chi connectivity index (χ4v) is 0. The molecule has 0 saturated heterocycles. The molecule has 0 aromatic heterocycles. The van der Waals surface area contributed by atoms with Crippen LogP contribution in [0.2, 0.25) is 0 Å². The van der Waals surface area contributed by atoms with E-state index in [9.17, 15) is 0 Å². The van der Waals surface area contributed by atoms with E-state index in [1.807, 2.05) is 0 Å². The fourth-order valence-electron chi connectivity index (χ4n) is 0. The van der Waals surface area contributed by atoms with Crippen molar-refractivity contribution < 1.29 is 0 Å². The third kappa shape index (κ3) is 418. The van der Waals surface area contributed by atoms with Gasteiger partial charge >= 0.3 is 0 Å². The summed E-state index contributed by atoms with van der Waals surface area (Å²) in [6.07, 6.45) is 3.60. The molecule has 2 N–H and O–H groups in total. The van der Waals surface area contributed by atoms with Gasteiger partial charge < -0.3 is 5.73 Å². The lowest BCUT2D eigenvalue weighted by Crippen LogP contribution is -1.93. The van der Waals surface area contributed by atoms with Crippen molar-refractivity contribution in [1.29, 1.82) is 0 Å². The van der Waals surface area contributed by atoms with Crippen LogP contribution in [0.4, 0.5) is 0 Å². The van der Waals surface area contributed by atoms with Crippen molar-refractivity contribution in [3.05, 3.63) is 0 Å². The molecular formula is C9H25N. The van der Waals surface area contributed by atoms with E-state index in [1.54, 1.807) is 0 Å². The van der Waals surface area contributed by atoms with E-state index >= 15 is 0 Å². The van der Waals surface area contributed by atoms with Crippen LogP contribution in [0.1, 0.15) is 53.9 Å². The summed E-state index contributed by atoms with van der Waals surface area (Å²) in [4.78, 5) is 0. The quantitative estimate of drug-likeness (QED) is 0.605. The second-order valence-corrected chi connectivity index (χ2v) is 2.20. The van der Waals surface area contributed by atoms with Crippen molar-refractivity contribution in [2.24, 2.45) is 5.73 Å². The predicted molar refractivity (Wildman–Crippen MR) is 51.3 cm³/mol. The first-order valence-corrected chi connectivity index (χ1v) is 4.44. The summed E-state index contributed by atoms with van der Waals surface area (Å²) in [6, 6.07) is 0. The molecule has 0 aliphatic rings. The van der Waals surface area contributed by atoms with Gasteiger partial charge in [0.25, 0.3) is 0 Å². The maximum atomic E-state index is 5.03. The number of nitrogens with two attached hydrogens (primary N) is 1. The molecule has 0 spiro atoms. The lowest BCUT2D eigenvalue weighted by Gasteiger charge is -1.70. The first kappa shape index (κ1) is 16.5. The van der Waals surface area contributed by atoms with E-state index in [2.05, 4.69) is 34.6 Å². The standard InChI is InChI=1S/C3H9N.2C3H8/c1-2-3-4;2*1-3-2/h2-4H2,1H3;2*3H2,1-2H3. The Bertz CT molecular complexity index is 16.7. The third-order valence-electron chi connectivity index (χ3n) is 0.289. The summed E-state index contributed by atoms with van der Waals surface area (Å²) >= 11 is 0. The van der Waals surface area contributed by atoms with Crippen molar-refractivity contribution in [3.8, 4) is 0 Å². The highest BCUT2D eigenvalue weighted by atomic mass is 14.5. The van der Waals surface area contributed by atoms with Crippen LogP contribution in [-0.4, -0.2) is 6.54 Å². The first-order chi connectivity index (χ1) is 4.74. The van der Waals surface area contributed by atoms with Crippen LogP contribution in [0, 0.1) is 0 Å². The molecule has 1 nitrogen and oxygen atoms in total. The Kier molecular flexibility index (Phi) is 59.8. The number of hydrogen-bond donors (Lipinski definition) is 1. The zero-order valence-electron chi connectivity index (χ0n) is 8.41. The van der Waals surface area contributed by atoms with Crippen LogP contribution in [0.25, 0.3) is 0 Å². The average molecular weight is 147 g/mol. The van der Waals surface area contributed by atoms with Gasteiger partial charge in [-0.25, -0.2) is 0 Å². The van der Waals surface area contributed by atoms with Gasteiger partial charge in [-0.1, -0.05) is 47.5 Å². The van der Waals surface area contributed by atoms with Crippen LogP contribution in [-0.2, 0) is 0 Å². The normalized spacial score (nSPS) is 6.60. The summed E-state index contributed by atoms with van der Waals surface area (Å²) in [5.74, 6) is 0. The minimum atomic E-state index is 0.819. The number of hydrogen-bond acceptors (Lipinski definition) is 1. The van der Waals surface area contributed by atoms with E-state index in [0.29, 0.717) is 0 Å². The average Bonchev–Trinajstić information content (AvgIpc) is 1.91. The van der Waals surface area contributed by atoms with Gasteiger partial charge in [0.15, 0.2) is 0 Å². The van der Waals surface area contributed by atoms with E-state index in [-0.39, 0.29) is 0 Å². The van der Waals surface area contributed by atoms with Crippen molar-refractivity contribution in [3.63, 3.8) is 0 Å². The van der Waals surface area contributed by atoms with Crippen molar-refractivity contribution in [2.45, 2.75) is 53.9 Å². The van der Waals surface area contributed by atoms with Gasteiger partial charge in [0.2, 0.25) is 0 Å². The highest BCUT2D eigenvalue weighted by molar-refractivity contribution is 4.19. The SMILES string of the molecule is CCC.CCC.CCCN. The van der Waals surface area contributed by atoms with E-state index in [4.69, 9.17) is 5.73 Å². The Hall–Kier alpha value is -0.0400. The highest BCUT2D eigenvalue weighted by Crippen LogP contribution is 1.57. The number of rotatable bonds is 1. The Morgan fingerprint density at radius 3 is 0.900 bits per heavy atom. The Morgan fingerprint density at radius 1 is 0.800 bits per heavy atom. The van der Waals surface area contributed by atoms with E-state index in [0.717, 1.165) is 13.0 Å². The Morgan fingerprint density at radius 2 is 0.900 bits per heavy atom. The van der Waals surface area contributed by atoms with Gasteiger partial charge in [0.1, 0.15) is 0 Å². The minimum Gasteiger partial charge on any atom is -0.330 e. The molecule has 0 aromatic rings. The molecule has 0 saturated carbocycles. The molecular weight excluding hydrogens is 122 g/mol. The van der Waals surface area contributed by atoms with Crippen LogP contribution in [0.5, 0.6) is 0 Å². The van der Waals surface area contributed by atoms with Gasteiger partial charge in [0, 0.05) is 0 Å². The molecule has 0 rings (SSSR count). The van der Waals surface area contributed by atoms with Crippen molar-refractivity contribution >= 4 is 0 Å². The van der Waals surface area contributed by atoms with Gasteiger partial charge in [0.05, 0.1) is 0 Å². The molecule has 0 heterocycles. The fraction of sp³-hybridized carbons (Fsp3) is 1.00. The van der Waals surface area contributed by atoms with Gasteiger partial charge in [-0.05, 0) is 13.0 Å². The maximum absolute atomic E-state index is 5.03. The molecule has 0 fully saturated rings. The van der Waals surface area contributed by atoms with Gasteiger partial charge in [-0.3, -0.25) is 0 Å². The molecule has 0 aromatic carbocycles. The summed E-state index contributed by atoms with van der Waals surface area (Å²) < 4.78 is 0. The molecule has 0 atom stereocenters. The van der Waals surface area contributed by atoms with Crippen molar-refractivity contribution in [2.75, 3.05) is 6.54 Å². The molecule has 0 unspecified atom stereocenters. The molecule has 10 heavy (non-hydrogen) atoms. The third-order valence-corrected chi connectivity index (χ3v) is 0.289. The molecule has 66 valence electrons. The largest absolute Gasteiger partial charge is 0.330 e. The van der Waals surface area contributed by atoms with Crippen molar-refractivity contribution in [1.82, 2.24) is 0 Å².